The SMILES string of the molecule is Cc1ccc2c(c1)-c1cc(C)ccc1[CH]2[Zr]([C]1=CC=CC1)=[C]1CCC1. The van der Waals surface area contributed by atoms with Crippen molar-refractivity contribution in [2.24, 2.45) is 0 Å². The molecule has 0 spiro atoms. The summed E-state index contributed by atoms with van der Waals surface area (Å²) in [5.41, 5.74) is 9.08. The second-order valence-electron chi connectivity index (χ2n) is 7.81. The van der Waals surface area contributed by atoms with Crippen LogP contribution < -0.4 is 0 Å². The number of allylic oxidation sites excluding steroid dienone is 4. The second-order valence-corrected chi connectivity index (χ2v) is 14.6. The zero-order valence-electron chi connectivity index (χ0n) is 15.1. The van der Waals surface area contributed by atoms with Crippen LogP contribution in [0, 0.1) is 13.8 Å². The van der Waals surface area contributed by atoms with Crippen molar-refractivity contribution in [2.75, 3.05) is 0 Å². The van der Waals surface area contributed by atoms with E-state index < -0.39 is 21.3 Å². The number of rotatable bonds is 2. The molecular formula is C24H24Zr. The monoisotopic (exact) mass is 402 g/mol. The number of hydrogen-bond donors (Lipinski definition) is 0. The van der Waals surface area contributed by atoms with Gasteiger partial charge in [0.15, 0.2) is 0 Å². The Balaban J connectivity index is 1.76. The molecule has 0 nitrogen and oxygen atoms in total. The Hall–Kier alpha value is -1.33. The molecule has 0 atom stereocenters. The number of aryl methyl sites for hydroxylation is 2. The molecule has 0 aliphatic heterocycles. The molecule has 0 amide bonds. The second kappa shape index (κ2) is 6.13. The van der Waals surface area contributed by atoms with Gasteiger partial charge in [0.1, 0.15) is 0 Å². The van der Waals surface area contributed by atoms with Gasteiger partial charge in [0.2, 0.25) is 0 Å². The Morgan fingerprint density at radius 1 is 0.880 bits per heavy atom. The van der Waals surface area contributed by atoms with Crippen LogP contribution in [0.2, 0.25) is 0 Å². The zero-order chi connectivity index (χ0) is 17.0. The van der Waals surface area contributed by atoms with Crippen molar-refractivity contribution < 1.29 is 21.3 Å². The maximum atomic E-state index is 2.47. The fraction of sp³-hybridized carbons (Fsp3) is 0.292. The number of hydrogen-bond acceptors (Lipinski definition) is 0. The Bertz CT molecular complexity index is 914. The normalized spacial score (nSPS) is 18.0. The van der Waals surface area contributed by atoms with Gasteiger partial charge >= 0.3 is 159 Å². The van der Waals surface area contributed by atoms with E-state index in [1.807, 2.05) is 6.49 Å². The molecule has 25 heavy (non-hydrogen) atoms. The topological polar surface area (TPSA) is 0 Å². The molecule has 1 saturated carbocycles. The van der Waals surface area contributed by atoms with E-state index in [2.05, 4.69) is 68.5 Å². The Labute approximate surface area is 158 Å². The van der Waals surface area contributed by atoms with Crippen LogP contribution in [0.1, 0.15) is 51.6 Å². The standard InChI is InChI=1S/C15H13.C5H5.C4H6.Zr/c1-10-3-5-12-9-13-6-4-11(2)8-15(13)14(12)7-10;1-2-4-5-3-1;1-2-4-3-1;/h3-9H,1-2H3;1-3H,4H2;1-3H2;. The van der Waals surface area contributed by atoms with Gasteiger partial charge in [-0.05, 0) is 0 Å². The van der Waals surface area contributed by atoms with Crippen LogP contribution in [0.4, 0.5) is 0 Å². The van der Waals surface area contributed by atoms with Crippen LogP contribution in [0.5, 0.6) is 0 Å². The van der Waals surface area contributed by atoms with Gasteiger partial charge in [0.05, 0.1) is 0 Å². The molecule has 1 fully saturated rings. The summed E-state index contributed by atoms with van der Waals surface area (Å²) in [6.45, 7) is 4.46. The predicted octanol–water partition coefficient (Wildman–Crippen LogP) is 6.19. The molecule has 0 heterocycles. The summed E-state index contributed by atoms with van der Waals surface area (Å²) < 4.78 is 4.50. The number of benzene rings is 2. The third kappa shape index (κ3) is 2.55. The van der Waals surface area contributed by atoms with E-state index in [1.54, 1.807) is 11.1 Å². The molecule has 3 aliphatic carbocycles. The first-order valence-corrected chi connectivity index (χ1v) is 13.4. The van der Waals surface area contributed by atoms with Crippen LogP contribution in [0.15, 0.2) is 57.9 Å². The van der Waals surface area contributed by atoms with Gasteiger partial charge < -0.3 is 0 Å². The Morgan fingerprint density at radius 3 is 2.00 bits per heavy atom. The van der Waals surface area contributed by atoms with Gasteiger partial charge in [0.25, 0.3) is 0 Å². The predicted molar refractivity (Wildman–Crippen MR) is 104 cm³/mol. The summed E-state index contributed by atoms with van der Waals surface area (Å²) in [5, 5.41) is 0. The van der Waals surface area contributed by atoms with Gasteiger partial charge in [-0.3, -0.25) is 0 Å². The molecule has 5 rings (SSSR count). The molecule has 2 aromatic carbocycles. The Morgan fingerprint density at radius 2 is 1.52 bits per heavy atom. The molecule has 0 bridgehead atoms. The molecule has 1 heteroatoms. The van der Waals surface area contributed by atoms with Gasteiger partial charge in [-0.25, -0.2) is 0 Å². The maximum absolute atomic E-state index is 2.47. The van der Waals surface area contributed by atoms with Crippen molar-refractivity contribution in [3.05, 3.63) is 80.2 Å². The van der Waals surface area contributed by atoms with E-state index in [4.69, 9.17) is 0 Å². The summed E-state index contributed by atoms with van der Waals surface area (Å²) in [7, 11) is 0. The first-order valence-electron chi connectivity index (χ1n) is 9.52. The fourth-order valence-electron chi connectivity index (χ4n) is 4.68. The average molecular weight is 404 g/mol. The number of fused-ring (bicyclic) bond motifs is 3. The molecule has 0 unspecified atom stereocenters. The zero-order valence-corrected chi connectivity index (χ0v) is 17.6. The summed E-state index contributed by atoms with van der Waals surface area (Å²) >= 11 is -1.86. The Kier molecular flexibility index (Phi) is 3.90. The summed E-state index contributed by atoms with van der Waals surface area (Å²) in [6, 6.07) is 14.4. The van der Waals surface area contributed by atoms with Crippen molar-refractivity contribution in [3.63, 3.8) is 0 Å². The quantitative estimate of drug-likeness (QED) is 0.561. The molecule has 3 aliphatic rings. The summed E-state index contributed by atoms with van der Waals surface area (Å²) in [5.74, 6) is 0. The summed E-state index contributed by atoms with van der Waals surface area (Å²) in [6.07, 6.45) is 12.6. The van der Waals surface area contributed by atoms with Crippen molar-refractivity contribution in [1.82, 2.24) is 0 Å². The van der Waals surface area contributed by atoms with E-state index >= 15 is 0 Å². The van der Waals surface area contributed by atoms with Gasteiger partial charge in [-0.2, -0.15) is 0 Å². The fourth-order valence-corrected chi connectivity index (χ4v) is 14.2. The van der Waals surface area contributed by atoms with Crippen LogP contribution >= 0.6 is 0 Å². The van der Waals surface area contributed by atoms with E-state index in [0.717, 1.165) is 0 Å². The van der Waals surface area contributed by atoms with Crippen molar-refractivity contribution >= 4 is 3.21 Å². The van der Waals surface area contributed by atoms with Crippen molar-refractivity contribution in [1.29, 1.82) is 0 Å². The average Bonchev–Trinajstić information content (AvgIpc) is 3.17. The van der Waals surface area contributed by atoms with Crippen LogP contribution in [0.3, 0.4) is 0 Å². The van der Waals surface area contributed by atoms with E-state index in [1.165, 1.54) is 47.9 Å². The summed E-state index contributed by atoms with van der Waals surface area (Å²) in [4.78, 5) is 0. The molecule has 2 aromatic rings. The molecule has 0 aromatic heterocycles. The minimum absolute atomic E-state index is 0.704. The molecule has 0 radical (unpaired) electrons. The van der Waals surface area contributed by atoms with Gasteiger partial charge in [-0.1, -0.05) is 0 Å². The van der Waals surface area contributed by atoms with Crippen LogP contribution in [0.25, 0.3) is 11.1 Å². The molecule has 0 saturated heterocycles. The van der Waals surface area contributed by atoms with Crippen LogP contribution in [-0.4, -0.2) is 3.21 Å². The first-order chi connectivity index (χ1) is 12.2. The first kappa shape index (κ1) is 15.9. The third-order valence-electron chi connectivity index (χ3n) is 6.07. The third-order valence-corrected chi connectivity index (χ3v) is 14.7. The van der Waals surface area contributed by atoms with E-state index in [0.29, 0.717) is 3.63 Å². The van der Waals surface area contributed by atoms with Crippen LogP contribution in [-0.2, 0) is 21.3 Å². The minimum atomic E-state index is -1.86. The van der Waals surface area contributed by atoms with E-state index in [9.17, 15) is 0 Å². The van der Waals surface area contributed by atoms with E-state index in [-0.39, 0.29) is 0 Å². The van der Waals surface area contributed by atoms with Gasteiger partial charge in [0, 0.05) is 0 Å². The van der Waals surface area contributed by atoms with Crippen molar-refractivity contribution in [3.8, 4) is 11.1 Å². The molecular weight excluding hydrogens is 379 g/mol. The molecule has 0 N–H and O–H groups in total. The van der Waals surface area contributed by atoms with Gasteiger partial charge in [-0.15, -0.1) is 0 Å². The van der Waals surface area contributed by atoms with Crippen molar-refractivity contribution in [2.45, 2.75) is 43.2 Å². The molecule has 124 valence electrons.